The van der Waals surface area contributed by atoms with E-state index in [4.69, 9.17) is 0 Å². The summed E-state index contributed by atoms with van der Waals surface area (Å²) in [7, 11) is 1.93. The van der Waals surface area contributed by atoms with E-state index in [0.717, 1.165) is 31.9 Å². The molecule has 1 aliphatic heterocycles. The van der Waals surface area contributed by atoms with Crippen molar-refractivity contribution in [2.24, 2.45) is 7.05 Å². The molecule has 116 valence electrons. The van der Waals surface area contributed by atoms with E-state index in [1.807, 2.05) is 41.0 Å². The van der Waals surface area contributed by atoms with Gasteiger partial charge in [0.25, 0.3) is 0 Å². The lowest BCUT2D eigenvalue weighted by molar-refractivity contribution is -0.134. The average Bonchev–Trinajstić information content (AvgIpc) is 2.93. The number of rotatable bonds is 3. The van der Waals surface area contributed by atoms with Crippen molar-refractivity contribution >= 4 is 5.91 Å². The van der Waals surface area contributed by atoms with Gasteiger partial charge in [-0.2, -0.15) is 5.10 Å². The predicted molar refractivity (Wildman–Crippen MR) is 85.1 cm³/mol. The molecule has 22 heavy (non-hydrogen) atoms. The summed E-state index contributed by atoms with van der Waals surface area (Å²) in [6.45, 7) is 4.99. The summed E-state index contributed by atoms with van der Waals surface area (Å²) in [6, 6.07) is 12.5. The van der Waals surface area contributed by atoms with Crippen LogP contribution in [0, 0.1) is 0 Å². The molecule has 0 saturated carbocycles. The Bertz CT molecular complexity index is 637. The summed E-state index contributed by atoms with van der Waals surface area (Å²) in [4.78, 5) is 16.3. The Kier molecular flexibility index (Phi) is 4.24. The minimum atomic E-state index is 0.121. The number of benzene rings is 1. The van der Waals surface area contributed by atoms with E-state index in [0.29, 0.717) is 0 Å². The Balaban J connectivity index is 1.76. The van der Waals surface area contributed by atoms with E-state index >= 15 is 0 Å². The maximum Gasteiger partial charge on any atom is 0.220 e. The van der Waals surface area contributed by atoms with Crippen molar-refractivity contribution in [1.29, 1.82) is 0 Å². The summed E-state index contributed by atoms with van der Waals surface area (Å²) >= 11 is 0. The van der Waals surface area contributed by atoms with E-state index in [9.17, 15) is 4.79 Å². The Hall–Kier alpha value is -2.14. The van der Waals surface area contributed by atoms with Crippen LogP contribution >= 0.6 is 0 Å². The van der Waals surface area contributed by atoms with Crippen LogP contribution in [0.15, 0.2) is 42.6 Å². The van der Waals surface area contributed by atoms with Gasteiger partial charge in [0, 0.05) is 46.3 Å². The topological polar surface area (TPSA) is 41.4 Å². The van der Waals surface area contributed by atoms with Crippen molar-refractivity contribution in [3.05, 3.63) is 53.9 Å². The highest BCUT2D eigenvalue weighted by molar-refractivity contribution is 5.74. The van der Waals surface area contributed by atoms with Gasteiger partial charge in [-0.3, -0.25) is 14.4 Å². The largest absolute Gasteiger partial charge is 0.333 e. The third kappa shape index (κ3) is 3.20. The van der Waals surface area contributed by atoms with Crippen molar-refractivity contribution in [1.82, 2.24) is 19.6 Å². The number of carbonyl (C=O) groups excluding carboxylic acids is 1. The van der Waals surface area contributed by atoms with Gasteiger partial charge >= 0.3 is 0 Å². The summed E-state index contributed by atoms with van der Waals surface area (Å²) in [6.07, 6.45) is 1.97. The van der Waals surface area contributed by atoms with Crippen molar-refractivity contribution < 1.29 is 4.79 Å². The molecule has 2 aromatic rings. The third-order valence-electron chi connectivity index (χ3n) is 4.21. The van der Waals surface area contributed by atoms with Crippen LogP contribution in [0.25, 0.3) is 0 Å². The molecular formula is C17H22N4O. The molecule has 5 heteroatoms. The molecule has 1 atom stereocenters. The molecule has 1 aromatic heterocycles. The van der Waals surface area contributed by atoms with Crippen molar-refractivity contribution in [3.63, 3.8) is 0 Å². The van der Waals surface area contributed by atoms with Gasteiger partial charge in [0.15, 0.2) is 0 Å². The van der Waals surface area contributed by atoms with E-state index in [1.165, 1.54) is 5.56 Å². The van der Waals surface area contributed by atoms with Gasteiger partial charge in [-0.05, 0) is 11.6 Å². The number of hydrogen-bond donors (Lipinski definition) is 0. The summed E-state index contributed by atoms with van der Waals surface area (Å²) in [5.41, 5.74) is 2.27. The van der Waals surface area contributed by atoms with Crippen molar-refractivity contribution in [2.45, 2.75) is 19.5 Å². The number of piperazine rings is 1. The first-order valence-electron chi connectivity index (χ1n) is 7.66. The lowest BCUT2D eigenvalue weighted by atomic mass is 10.0. The zero-order valence-electron chi connectivity index (χ0n) is 13.1. The molecule has 0 N–H and O–H groups in total. The minimum absolute atomic E-state index is 0.121. The SMILES string of the molecule is CC(=O)N1CCN(Cc2ccn(C)n2)C[C@H]1c1ccccc1. The van der Waals surface area contributed by atoms with Gasteiger partial charge in [0.05, 0.1) is 11.7 Å². The van der Waals surface area contributed by atoms with Crippen LogP contribution in [-0.4, -0.2) is 45.1 Å². The van der Waals surface area contributed by atoms with E-state index in [2.05, 4.69) is 28.2 Å². The molecule has 0 bridgehead atoms. The van der Waals surface area contributed by atoms with Crippen molar-refractivity contribution in [3.8, 4) is 0 Å². The minimum Gasteiger partial charge on any atom is -0.333 e. The fourth-order valence-electron chi connectivity index (χ4n) is 3.10. The molecule has 0 unspecified atom stereocenters. The molecule has 1 fully saturated rings. The molecule has 2 heterocycles. The van der Waals surface area contributed by atoms with Crippen LogP contribution in [0.4, 0.5) is 0 Å². The number of carbonyl (C=O) groups is 1. The third-order valence-corrected chi connectivity index (χ3v) is 4.21. The van der Waals surface area contributed by atoms with Gasteiger partial charge in [0.2, 0.25) is 5.91 Å². The zero-order chi connectivity index (χ0) is 15.5. The van der Waals surface area contributed by atoms with Crippen LogP contribution in [0.1, 0.15) is 24.2 Å². The normalized spacial score (nSPS) is 19.4. The molecular weight excluding hydrogens is 276 g/mol. The second-order valence-corrected chi connectivity index (χ2v) is 5.85. The zero-order valence-corrected chi connectivity index (χ0v) is 13.1. The van der Waals surface area contributed by atoms with E-state index < -0.39 is 0 Å². The molecule has 0 spiro atoms. The van der Waals surface area contributed by atoms with E-state index in [1.54, 1.807) is 6.92 Å². The van der Waals surface area contributed by atoms with Gasteiger partial charge in [0.1, 0.15) is 0 Å². The molecule has 1 amide bonds. The fraction of sp³-hybridized carbons (Fsp3) is 0.412. The molecule has 3 rings (SSSR count). The Morgan fingerprint density at radius 2 is 2.00 bits per heavy atom. The second-order valence-electron chi connectivity index (χ2n) is 5.85. The number of amides is 1. The molecule has 1 aliphatic rings. The lowest BCUT2D eigenvalue weighted by Crippen LogP contribution is -2.49. The predicted octanol–water partition coefficient (Wildman–Crippen LogP) is 1.83. The quantitative estimate of drug-likeness (QED) is 0.868. The first-order valence-corrected chi connectivity index (χ1v) is 7.66. The summed E-state index contributed by atoms with van der Waals surface area (Å²) in [5.74, 6) is 0.145. The van der Waals surface area contributed by atoms with Crippen LogP contribution in [0.5, 0.6) is 0 Å². The molecule has 5 nitrogen and oxygen atoms in total. The second kappa shape index (κ2) is 6.32. The van der Waals surface area contributed by atoms with Crippen LogP contribution in [0.2, 0.25) is 0 Å². The van der Waals surface area contributed by atoms with Gasteiger partial charge < -0.3 is 4.90 Å². The molecule has 0 radical (unpaired) electrons. The number of aryl methyl sites for hydroxylation is 1. The monoisotopic (exact) mass is 298 g/mol. The molecule has 1 saturated heterocycles. The van der Waals surface area contributed by atoms with Gasteiger partial charge in [-0.15, -0.1) is 0 Å². The smallest absolute Gasteiger partial charge is 0.220 e. The average molecular weight is 298 g/mol. The standard InChI is InChI=1S/C17H22N4O/c1-14(22)21-11-10-20(12-16-8-9-19(2)18-16)13-17(21)15-6-4-3-5-7-15/h3-9,17H,10-13H2,1-2H3/t17-/m0/s1. The Morgan fingerprint density at radius 3 is 2.64 bits per heavy atom. The highest BCUT2D eigenvalue weighted by Gasteiger charge is 2.29. The number of aromatic nitrogens is 2. The lowest BCUT2D eigenvalue weighted by Gasteiger charge is -2.41. The Morgan fingerprint density at radius 1 is 1.23 bits per heavy atom. The van der Waals surface area contributed by atoms with Gasteiger partial charge in [-0.25, -0.2) is 0 Å². The Labute approximate surface area is 131 Å². The van der Waals surface area contributed by atoms with E-state index in [-0.39, 0.29) is 11.9 Å². The van der Waals surface area contributed by atoms with Crippen LogP contribution in [0.3, 0.4) is 0 Å². The number of hydrogen-bond acceptors (Lipinski definition) is 3. The van der Waals surface area contributed by atoms with Crippen LogP contribution < -0.4 is 0 Å². The summed E-state index contributed by atoms with van der Waals surface area (Å²) in [5, 5.41) is 4.45. The maximum atomic E-state index is 11.9. The van der Waals surface area contributed by atoms with Gasteiger partial charge in [-0.1, -0.05) is 30.3 Å². The highest BCUT2D eigenvalue weighted by Crippen LogP contribution is 2.26. The fourth-order valence-corrected chi connectivity index (χ4v) is 3.10. The van der Waals surface area contributed by atoms with Crippen molar-refractivity contribution in [2.75, 3.05) is 19.6 Å². The summed E-state index contributed by atoms with van der Waals surface area (Å²) < 4.78 is 1.83. The highest BCUT2D eigenvalue weighted by atomic mass is 16.2. The van der Waals surface area contributed by atoms with Crippen LogP contribution in [-0.2, 0) is 18.4 Å². The molecule has 0 aliphatic carbocycles. The number of nitrogens with zero attached hydrogens (tertiary/aromatic N) is 4. The molecule has 1 aromatic carbocycles. The maximum absolute atomic E-state index is 11.9. The first kappa shape index (κ1) is 14.8. The first-order chi connectivity index (χ1) is 10.6.